The fourth-order valence-electron chi connectivity index (χ4n) is 2.53. The molecule has 0 bridgehead atoms. The average Bonchev–Trinajstić information content (AvgIpc) is 3.17. The molecule has 2 amide bonds. The smallest absolute Gasteiger partial charge is 0.290 e. The number of aromatic nitrogens is 2. The number of pyridine rings is 2. The summed E-state index contributed by atoms with van der Waals surface area (Å²) in [6, 6.07) is 3.49. The van der Waals surface area contributed by atoms with Crippen LogP contribution in [0.25, 0.3) is 28.2 Å². The van der Waals surface area contributed by atoms with Gasteiger partial charge in [0, 0.05) is 41.2 Å². The predicted molar refractivity (Wildman–Crippen MR) is 97.9 cm³/mol. The van der Waals surface area contributed by atoms with E-state index in [1.54, 1.807) is 30.7 Å². The van der Waals surface area contributed by atoms with E-state index >= 15 is 0 Å². The van der Waals surface area contributed by atoms with Crippen LogP contribution in [0, 0.1) is 0 Å². The van der Waals surface area contributed by atoms with Gasteiger partial charge in [-0.05, 0) is 23.9 Å². The largest absolute Gasteiger partial charge is 0.494 e. The van der Waals surface area contributed by atoms with Crippen LogP contribution >= 0.6 is 23.4 Å². The molecule has 4 heterocycles. The van der Waals surface area contributed by atoms with Crippen LogP contribution in [0.1, 0.15) is 5.76 Å². The average molecular weight is 388 g/mol. The van der Waals surface area contributed by atoms with E-state index in [0.717, 1.165) is 22.7 Å². The fourth-order valence-corrected chi connectivity index (χ4v) is 3.37. The molecule has 9 heteroatoms. The van der Waals surface area contributed by atoms with E-state index in [1.165, 1.54) is 13.2 Å². The molecule has 0 aromatic carbocycles. The SMILES string of the molecule is COc1cc(-c2cncc3cc(/C=C4/SC(=O)NC4=O)oc23)cnc1Cl. The number of nitrogens with zero attached hydrogens (tertiary/aromatic N) is 2. The maximum atomic E-state index is 11.7. The lowest BCUT2D eigenvalue weighted by atomic mass is 10.1. The van der Waals surface area contributed by atoms with Crippen LogP contribution in [-0.2, 0) is 4.79 Å². The van der Waals surface area contributed by atoms with Crippen LogP contribution in [0.4, 0.5) is 4.79 Å². The number of hydrogen-bond donors (Lipinski definition) is 1. The third-order valence-corrected chi connectivity index (χ3v) is 4.79. The minimum absolute atomic E-state index is 0.259. The van der Waals surface area contributed by atoms with Crippen molar-refractivity contribution in [2.45, 2.75) is 0 Å². The lowest BCUT2D eigenvalue weighted by Crippen LogP contribution is -2.17. The van der Waals surface area contributed by atoms with Gasteiger partial charge in [0.15, 0.2) is 10.9 Å². The molecule has 7 nitrogen and oxygen atoms in total. The number of rotatable bonds is 3. The van der Waals surface area contributed by atoms with Crippen molar-refractivity contribution in [1.29, 1.82) is 0 Å². The number of amides is 2. The van der Waals surface area contributed by atoms with Gasteiger partial charge in [0.25, 0.3) is 11.1 Å². The first-order valence-corrected chi connectivity index (χ1v) is 8.57. The summed E-state index contributed by atoms with van der Waals surface area (Å²) < 4.78 is 11.1. The van der Waals surface area contributed by atoms with Gasteiger partial charge in [0.1, 0.15) is 11.3 Å². The van der Waals surface area contributed by atoms with Gasteiger partial charge in [-0.2, -0.15) is 0 Å². The van der Waals surface area contributed by atoms with E-state index in [0.29, 0.717) is 22.7 Å². The number of ether oxygens (including phenoxy) is 1. The molecule has 130 valence electrons. The Bertz CT molecular complexity index is 1090. The summed E-state index contributed by atoms with van der Waals surface area (Å²) in [5, 5.41) is 2.81. The van der Waals surface area contributed by atoms with Crippen molar-refractivity contribution in [1.82, 2.24) is 15.3 Å². The molecule has 0 unspecified atom stereocenters. The Hall–Kier alpha value is -2.84. The van der Waals surface area contributed by atoms with E-state index in [-0.39, 0.29) is 10.1 Å². The quantitative estimate of drug-likeness (QED) is 0.538. The normalized spacial score (nSPS) is 15.7. The Morgan fingerprint density at radius 1 is 1.27 bits per heavy atom. The number of imide groups is 1. The Kier molecular flexibility index (Phi) is 4.14. The summed E-state index contributed by atoms with van der Waals surface area (Å²) in [5.41, 5.74) is 2.00. The molecule has 26 heavy (non-hydrogen) atoms. The highest BCUT2D eigenvalue weighted by atomic mass is 35.5. The number of halogens is 1. The molecule has 0 atom stereocenters. The molecule has 3 aromatic heterocycles. The van der Waals surface area contributed by atoms with E-state index < -0.39 is 11.1 Å². The summed E-state index contributed by atoms with van der Waals surface area (Å²) in [4.78, 5) is 31.6. The zero-order valence-corrected chi connectivity index (χ0v) is 14.9. The van der Waals surface area contributed by atoms with Crippen molar-refractivity contribution in [3.63, 3.8) is 0 Å². The fraction of sp³-hybridized carbons (Fsp3) is 0.0588. The van der Waals surface area contributed by atoms with Crippen molar-refractivity contribution in [3.05, 3.63) is 46.5 Å². The zero-order chi connectivity index (χ0) is 18.3. The standard InChI is InChI=1S/C17H10ClN3O4S/c1-24-12-3-8(6-20-15(12)18)11-7-19-5-9-2-10(25-14(9)11)4-13-16(22)21-17(23)26-13/h2-7H,1H3,(H,21,22,23)/b13-4+. The Morgan fingerprint density at radius 3 is 2.85 bits per heavy atom. The number of methoxy groups -OCH3 is 1. The van der Waals surface area contributed by atoms with Gasteiger partial charge in [-0.3, -0.25) is 19.9 Å². The van der Waals surface area contributed by atoms with E-state index in [1.807, 2.05) is 0 Å². The van der Waals surface area contributed by atoms with Crippen molar-refractivity contribution >= 4 is 51.6 Å². The highest BCUT2D eigenvalue weighted by Gasteiger charge is 2.25. The lowest BCUT2D eigenvalue weighted by Gasteiger charge is -2.06. The van der Waals surface area contributed by atoms with Crippen LogP contribution in [0.15, 0.2) is 40.0 Å². The van der Waals surface area contributed by atoms with Gasteiger partial charge >= 0.3 is 0 Å². The lowest BCUT2D eigenvalue weighted by molar-refractivity contribution is -0.115. The topological polar surface area (TPSA) is 94.3 Å². The maximum absolute atomic E-state index is 11.7. The Balaban J connectivity index is 1.81. The van der Waals surface area contributed by atoms with Crippen LogP contribution in [0.2, 0.25) is 5.15 Å². The molecular formula is C17H10ClN3O4S. The third kappa shape index (κ3) is 2.93. The molecule has 0 radical (unpaired) electrons. The van der Waals surface area contributed by atoms with Crippen molar-refractivity contribution in [3.8, 4) is 16.9 Å². The molecule has 3 aromatic rings. The summed E-state index contributed by atoms with van der Waals surface area (Å²) in [6.07, 6.45) is 6.42. The first kappa shape index (κ1) is 16.6. The monoisotopic (exact) mass is 387 g/mol. The van der Waals surface area contributed by atoms with Gasteiger partial charge in [-0.1, -0.05) is 11.6 Å². The maximum Gasteiger partial charge on any atom is 0.290 e. The van der Waals surface area contributed by atoms with Crippen molar-refractivity contribution in [2.75, 3.05) is 7.11 Å². The number of fused-ring (bicyclic) bond motifs is 1. The number of nitrogens with one attached hydrogen (secondary N) is 1. The number of carbonyl (C=O) groups excluding carboxylic acids is 2. The molecule has 0 aliphatic carbocycles. The third-order valence-electron chi connectivity index (χ3n) is 3.69. The summed E-state index contributed by atoms with van der Waals surface area (Å²) in [7, 11) is 1.51. The highest BCUT2D eigenvalue weighted by molar-refractivity contribution is 8.18. The number of furan rings is 1. The van der Waals surface area contributed by atoms with Gasteiger partial charge in [0.05, 0.1) is 12.0 Å². The van der Waals surface area contributed by atoms with Crippen molar-refractivity contribution < 1.29 is 18.7 Å². The predicted octanol–water partition coefficient (Wildman–Crippen LogP) is 3.88. The van der Waals surface area contributed by atoms with Crippen LogP contribution in [-0.4, -0.2) is 28.2 Å². The highest BCUT2D eigenvalue weighted by Crippen LogP contribution is 2.34. The van der Waals surface area contributed by atoms with Gasteiger partial charge < -0.3 is 9.15 Å². The molecule has 1 aliphatic rings. The van der Waals surface area contributed by atoms with E-state index in [9.17, 15) is 9.59 Å². The Morgan fingerprint density at radius 2 is 2.12 bits per heavy atom. The van der Waals surface area contributed by atoms with E-state index in [4.69, 9.17) is 20.8 Å². The summed E-state index contributed by atoms with van der Waals surface area (Å²) >= 11 is 6.81. The number of hydrogen-bond acceptors (Lipinski definition) is 7. The molecule has 0 saturated carbocycles. The zero-order valence-electron chi connectivity index (χ0n) is 13.3. The Labute approximate surface area is 156 Å². The van der Waals surface area contributed by atoms with Crippen molar-refractivity contribution in [2.24, 2.45) is 0 Å². The summed E-state index contributed by atoms with van der Waals surface area (Å²) in [5.74, 6) is 0.438. The number of thioether (sulfide) groups is 1. The molecule has 1 saturated heterocycles. The second-order valence-electron chi connectivity index (χ2n) is 5.32. The number of carbonyl (C=O) groups is 2. The molecule has 4 rings (SSSR count). The van der Waals surface area contributed by atoms with Gasteiger partial charge in [0.2, 0.25) is 0 Å². The summed E-state index contributed by atoms with van der Waals surface area (Å²) in [6.45, 7) is 0. The van der Waals surface area contributed by atoms with Crippen LogP contribution < -0.4 is 10.1 Å². The van der Waals surface area contributed by atoms with Crippen LogP contribution in [0.3, 0.4) is 0 Å². The van der Waals surface area contributed by atoms with Crippen LogP contribution in [0.5, 0.6) is 5.75 Å². The molecule has 1 N–H and O–H groups in total. The van der Waals surface area contributed by atoms with E-state index in [2.05, 4.69) is 15.3 Å². The van der Waals surface area contributed by atoms with Gasteiger partial charge in [-0.25, -0.2) is 4.98 Å². The first-order valence-electron chi connectivity index (χ1n) is 7.37. The second kappa shape index (κ2) is 6.47. The minimum atomic E-state index is -0.439. The first-order chi connectivity index (χ1) is 12.5. The minimum Gasteiger partial charge on any atom is -0.494 e. The van der Waals surface area contributed by atoms with Gasteiger partial charge in [-0.15, -0.1) is 0 Å². The molecular weight excluding hydrogens is 378 g/mol. The molecule has 1 aliphatic heterocycles. The molecule has 1 fully saturated rings. The second-order valence-corrected chi connectivity index (χ2v) is 6.70. The molecule has 0 spiro atoms.